The molecule has 0 atom stereocenters. The maximum atomic E-state index is 12.6. The first-order valence-corrected chi connectivity index (χ1v) is 10.3. The average molecular weight is 483 g/mol. The highest BCUT2D eigenvalue weighted by Crippen LogP contribution is 2.29. The zero-order valence-corrected chi connectivity index (χ0v) is 16.9. The monoisotopic (exact) mass is 483 g/mol. The van der Waals surface area contributed by atoms with Gasteiger partial charge in [-0.2, -0.15) is 26.3 Å². The molecule has 0 aliphatic heterocycles. The standard InChI is InChI=1S/C17H15F6N5O3S/c1-32(30,31)28-13-4-2-3-12(25-13)26-15(24-9-16(18,19)20)27-14(29)10-5-7-11(8-6-10)17(21,22)23/h2-8H,9H2,1H3,(H3,24,25,26,27,28,29). The number of amides is 1. The fourth-order valence-electron chi connectivity index (χ4n) is 2.14. The topological polar surface area (TPSA) is 113 Å². The molecular formula is C17H15F6N5O3S. The van der Waals surface area contributed by atoms with Crippen LogP contribution in [0.25, 0.3) is 0 Å². The van der Waals surface area contributed by atoms with E-state index in [0.29, 0.717) is 12.1 Å². The molecule has 0 aliphatic rings. The van der Waals surface area contributed by atoms with Crippen LogP contribution in [0.5, 0.6) is 0 Å². The number of benzene rings is 1. The van der Waals surface area contributed by atoms with Crippen molar-refractivity contribution in [3.05, 3.63) is 53.6 Å². The van der Waals surface area contributed by atoms with Gasteiger partial charge in [0.15, 0.2) is 0 Å². The minimum atomic E-state index is -4.72. The summed E-state index contributed by atoms with van der Waals surface area (Å²) in [5.74, 6) is -2.09. The first kappa shape index (κ1) is 24.9. The van der Waals surface area contributed by atoms with E-state index in [2.05, 4.69) is 20.0 Å². The van der Waals surface area contributed by atoms with Crippen molar-refractivity contribution < 1.29 is 39.6 Å². The van der Waals surface area contributed by atoms with Gasteiger partial charge in [0, 0.05) is 5.56 Å². The van der Waals surface area contributed by atoms with E-state index in [1.165, 1.54) is 18.2 Å². The van der Waals surface area contributed by atoms with Crippen molar-refractivity contribution in [3.8, 4) is 0 Å². The number of rotatable bonds is 5. The molecule has 2 aromatic rings. The molecule has 3 N–H and O–H groups in total. The molecule has 8 nitrogen and oxygen atoms in total. The van der Waals surface area contributed by atoms with Crippen LogP contribution in [-0.4, -0.2) is 44.2 Å². The van der Waals surface area contributed by atoms with Crippen molar-refractivity contribution in [3.63, 3.8) is 0 Å². The molecule has 2 rings (SSSR count). The number of anilines is 2. The number of hydrogen-bond acceptors (Lipinski definition) is 5. The van der Waals surface area contributed by atoms with Gasteiger partial charge in [0.1, 0.15) is 18.2 Å². The van der Waals surface area contributed by atoms with E-state index in [4.69, 9.17) is 0 Å². The predicted octanol–water partition coefficient (Wildman–Crippen LogP) is 3.23. The molecule has 0 bridgehead atoms. The highest BCUT2D eigenvalue weighted by Gasteiger charge is 2.30. The van der Waals surface area contributed by atoms with Gasteiger partial charge in [-0.25, -0.2) is 18.4 Å². The molecule has 1 heterocycles. The Hall–Kier alpha value is -3.36. The molecule has 1 aromatic heterocycles. The molecule has 0 spiro atoms. The summed E-state index contributed by atoms with van der Waals surface area (Å²) in [5.41, 5.74) is -1.29. The van der Waals surface area contributed by atoms with Crippen LogP contribution in [-0.2, 0) is 16.2 Å². The average Bonchev–Trinajstić information content (AvgIpc) is 2.64. The molecule has 1 amide bonds. The first-order chi connectivity index (χ1) is 14.6. The second-order valence-electron chi connectivity index (χ2n) is 6.22. The molecule has 0 unspecified atom stereocenters. The van der Waals surface area contributed by atoms with Crippen LogP contribution in [0.3, 0.4) is 0 Å². The van der Waals surface area contributed by atoms with Gasteiger partial charge in [0.2, 0.25) is 16.0 Å². The van der Waals surface area contributed by atoms with E-state index in [-0.39, 0.29) is 17.2 Å². The lowest BCUT2D eigenvalue weighted by Gasteiger charge is -2.13. The van der Waals surface area contributed by atoms with Crippen molar-refractivity contribution in [1.29, 1.82) is 0 Å². The van der Waals surface area contributed by atoms with Crippen LogP contribution in [0.2, 0.25) is 0 Å². The van der Waals surface area contributed by atoms with Crippen LogP contribution in [0.15, 0.2) is 47.5 Å². The van der Waals surface area contributed by atoms with Crippen LogP contribution in [0, 0.1) is 0 Å². The molecule has 32 heavy (non-hydrogen) atoms. The van der Waals surface area contributed by atoms with Gasteiger partial charge in [-0.3, -0.25) is 14.8 Å². The smallest absolute Gasteiger partial charge is 0.311 e. The normalized spacial score (nSPS) is 12.9. The number of alkyl halides is 6. The van der Waals surface area contributed by atoms with E-state index >= 15 is 0 Å². The zero-order valence-electron chi connectivity index (χ0n) is 16.0. The molecule has 0 radical (unpaired) electrons. The van der Waals surface area contributed by atoms with E-state index in [1.54, 1.807) is 0 Å². The lowest BCUT2D eigenvalue weighted by atomic mass is 10.1. The molecule has 0 saturated heterocycles. The lowest BCUT2D eigenvalue weighted by Crippen LogP contribution is -2.37. The van der Waals surface area contributed by atoms with E-state index < -0.39 is 46.4 Å². The maximum absolute atomic E-state index is 12.6. The van der Waals surface area contributed by atoms with Gasteiger partial charge in [-0.15, -0.1) is 0 Å². The Morgan fingerprint density at radius 1 is 1.00 bits per heavy atom. The number of pyridine rings is 1. The fourth-order valence-corrected chi connectivity index (χ4v) is 2.64. The first-order valence-electron chi connectivity index (χ1n) is 8.44. The minimum Gasteiger partial charge on any atom is -0.311 e. The Labute approximate surface area is 177 Å². The second kappa shape index (κ2) is 9.42. The number of sulfonamides is 1. The summed E-state index contributed by atoms with van der Waals surface area (Å²) in [6, 6.07) is 6.79. The molecule has 0 saturated carbocycles. The number of aliphatic imine (C=N–C) groups is 1. The number of nitrogens with one attached hydrogen (secondary N) is 3. The number of carbonyl (C=O) groups excluding carboxylic acids is 1. The van der Waals surface area contributed by atoms with Crippen molar-refractivity contribution in [2.75, 3.05) is 22.8 Å². The quantitative estimate of drug-likeness (QED) is 0.344. The van der Waals surface area contributed by atoms with Gasteiger partial charge < -0.3 is 5.32 Å². The Morgan fingerprint density at radius 2 is 1.59 bits per heavy atom. The van der Waals surface area contributed by atoms with E-state index in [9.17, 15) is 39.6 Å². The van der Waals surface area contributed by atoms with E-state index in [0.717, 1.165) is 18.4 Å². The Kier molecular flexibility index (Phi) is 7.33. The minimum absolute atomic E-state index is 0.165. The predicted molar refractivity (Wildman–Crippen MR) is 104 cm³/mol. The van der Waals surface area contributed by atoms with Gasteiger partial charge in [0.25, 0.3) is 5.91 Å². The van der Waals surface area contributed by atoms with Crippen molar-refractivity contribution >= 4 is 33.5 Å². The zero-order chi connectivity index (χ0) is 24.2. The highest BCUT2D eigenvalue weighted by molar-refractivity contribution is 7.92. The van der Waals surface area contributed by atoms with Crippen LogP contribution < -0.4 is 15.4 Å². The van der Waals surface area contributed by atoms with Crippen molar-refractivity contribution in [2.24, 2.45) is 4.99 Å². The molecule has 174 valence electrons. The van der Waals surface area contributed by atoms with Crippen molar-refractivity contribution in [1.82, 2.24) is 10.3 Å². The van der Waals surface area contributed by atoms with Gasteiger partial charge in [0.05, 0.1) is 11.8 Å². The second-order valence-corrected chi connectivity index (χ2v) is 7.96. The van der Waals surface area contributed by atoms with Crippen LogP contribution in [0.4, 0.5) is 38.0 Å². The molecule has 1 aromatic carbocycles. The van der Waals surface area contributed by atoms with Crippen LogP contribution in [0.1, 0.15) is 15.9 Å². The largest absolute Gasteiger partial charge is 0.416 e. The van der Waals surface area contributed by atoms with Gasteiger partial charge in [-0.05, 0) is 36.4 Å². The molecule has 0 fully saturated rings. The summed E-state index contributed by atoms with van der Waals surface area (Å²) in [5, 5.41) is 4.33. The summed E-state index contributed by atoms with van der Waals surface area (Å²) in [7, 11) is -3.69. The number of halogens is 6. The van der Waals surface area contributed by atoms with E-state index in [1.807, 2.05) is 5.32 Å². The number of hydrogen-bond donors (Lipinski definition) is 3. The van der Waals surface area contributed by atoms with Gasteiger partial charge >= 0.3 is 12.4 Å². The molecule has 15 heteroatoms. The lowest BCUT2D eigenvalue weighted by molar-refractivity contribution is -0.137. The Bertz CT molecular complexity index is 1100. The number of guanidine groups is 1. The summed E-state index contributed by atoms with van der Waals surface area (Å²) in [6.07, 6.45) is -8.50. The Morgan fingerprint density at radius 3 is 2.12 bits per heavy atom. The van der Waals surface area contributed by atoms with Gasteiger partial charge in [-0.1, -0.05) is 6.07 Å². The number of nitrogens with zero attached hydrogens (tertiary/aromatic N) is 2. The number of aromatic nitrogens is 1. The Balaban J connectivity index is 2.24. The third-order valence-corrected chi connectivity index (χ3v) is 3.99. The molecular weight excluding hydrogens is 468 g/mol. The maximum Gasteiger partial charge on any atom is 0.416 e. The third kappa shape index (κ3) is 8.41. The summed E-state index contributed by atoms with van der Waals surface area (Å²) in [6.45, 7) is -1.69. The molecule has 0 aliphatic carbocycles. The summed E-state index contributed by atoms with van der Waals surface area (Å²) >= 11 is 0. The fraction of sp³-hybridized carbons (Fsp3) is 0.235. The van der Waals surface area contributed by atoms with Crippen LogP contribution >= 0.6 is 0 Å². The summed E-state index contributed by atoms with van der Waals surface area (Å²) in [4.78, 5) is 19.3. The third-order valence-electron chi connectivity index (χ3n) is 3.41. The number of carbonyl (C=O) groups is 1. The van der Waals surface area contributed by atoms with Crippen molar-refractivity contribution in [2.45, 2.75) is 12.4 Å². The summed E-state index contributed by atoms with van der Waals surface area (Å²) < 4.78 is 100. The highest BCUT2D eigenvalue weighted by atomic mass is 32.2. The SMILES string of the molecule is CS(=O)(=O)Nc1cccc(NC(=NCC(F)(F)F)NC(=O)c2ccc(C(F)(F)F)cc2)n1.